The van der Waals surface area contributed by atoms with Crippen molar-refractivity contribution in [3.8, 4) is 5.75 Å². The summed E-state index contributed by atoms with van der Waals surface area (Å²) in [5.74, 6) is 1.38. The van der Waals surface area contributed by atoms with Crippen LogP contribution in [0.15, 0.2) is 42.5 Å². The maximum atomic E-state index is 5.74. The lowest BCUT2D eigenvalue weighted by Gasteiger charge is -2.34. The van der Waals surface area contributed by atoms with Gasteiger partial charge in [0, 0.05) is 12.0 Å². The van der Waals surface area contributed by atoms with Gasteiger partial charge in [0.25, 0.3) is 0 Å². The molecule has 2 unspecified atom stereocenters. The summed E-state index contributed by atoms with van der Waals surface area (Å²) in [6.45, 7) is 13.9. The molecule has 1 fully saturated rings. The van der Waals surface area contributed by atoms with E-state index in [1.165, 1.54) is 48.2 Å². The fraction of sp³-hybridized carbons (Fsp3) is 0.520. The average Bonchev–Trinajstić information content (AvgIpc) is 3.17. The first-order valence-electron chi connectivity index (χ1n) is 10.3. The van der Waals surface area contributed by atoms with Crippen molar-refractivity contribution in [1.82, 2.24) is 4.90 Å². The molecular weight excluding hydrogens is 330 g/mol. The molecule has 2 atom stereocenters. The Labute approximate surface area is 165 Å². The van der Waals surface area contributed by atoms with Crippen molar-refractivity contribution in [3.63, 3.8) is 0 Å². The first-order chi connectivity index (χ1) is 12.8. The number of benzene rings is 2. The molecule has 2 heteroatoms. The highest BCUT2D eigenvalue weighted by Gasteiger charge is 2.31. The van der Waals surface area contributed by atoms with E-state index in [-0.39, 0.29) is 5.41 Å². The van der Waals surface area contributed by atoms with Crippen molar-refractivity contribution in [2.24, 2.45) is 0 Å². The topological polar surface area (TPSA) is 12.5 Å². The Kier molecular flexibility index (Phi) is 5.95. The molecule has 0 amide bonds. The Bertz CT molecular complexity index is 754. The lowest BCUT2D eigenvalue weighted by Crippen LogP contribution is -2.36. The Morgan fingerprint density at radius 1 is 1.00 bits per heavy atom. The predicted octanol–water partition coefficient (Wildman–Crippen LogP) is 5.92. The highest BCUT2D eigenvalue weighted by Crippen LogP contribution is 2.40. The van der Waals surface area contributed by atoms with Gasteiger partial charge >= 0.3 is 0 Å². The van der Waals surface area contributed by atoms with Crippen LogP contribution in [0.5, 0.6) is 5.75 Å². The van der Waals surface area contributed by atoms with E-state index >= 15 is 0 Å². The molecule has 27 heavy (non-hydrogen) atoms. The van der Waals surface area contributed by atoms with E-state index < -0.39 is 0 Å². The molecule has 2 nitrogen and oxygen atoms in total. The largest absolute Gasteiger partial charge is 0.496 e. The van der Waals surface area contributed by atoms with Crippen LogP contribution in [0.3, 0.4) is 0 Å². The molecule has 0 spiro atoms. The van der Waals surface area contributed by atoms with E-state index in [9.17, 15) is 0 Å². The predicted molar refractivity (Wildman–Crippen MR) is 115 cm³/mol. The molecule has 0 aromatic heterocycles. The summed E-state index contributed by atoms with van der Waals surface area (Å²) in [5.41, 5.74) is 5.50. The summed E-state index contributed by atoms with van der Waals surface area (Å²) < 4.78 is 5.74. The van der Waals surface area contributed by atoms with Gasteiger partial charge in [-0.15, -0.1) is 0 Å². The fourth-order valence-corrected chi connectivity index (χ4v) is 4.53. The molecule has 0 saturated carbocycles. The van der Waals surface area contributed by atoms with Crippen LogP contribution < -0.4 is 4.74 Å². The minimum Gasteiger partial charge on any atom is -0.496 e. The Morgan fingerprint density at radius 2 is 1.63 bits per heavy atom. The molecule has 2 aromatic carbocycles. The summed E-state index contributed by atoms with van der Waals surface area (Å²) in [7, 11) is 1.78. The van der Waals surface area contributed by atoms with Gasteiger partial charge in [0.2, 0.25) is 0 Å². The Hall–Kier alpha value is -1.80. The van der Waals surface area contributed by atoms with Crippen LogP contribution in [0.2, 0.25) is 0 Å². The van der Waals surface area contributed by atoms with Crippen molar-refractivity contribution in [2.75, 3.05) is 20.2 Å². The van der Waals surface area contributed by atoms with Gasteiger partial charge in [-0.05, 0) is 73.5 Å². The summed E-state index contributed by atoms with van der Waals surface area (Å²) in [5, 5.41) is 0. The lowest BCUT2D eigenvalue weighted by molar-refractivity contribution is 0.239. The molecule has 0 N–H and O–H groups in total. The zero-order chi connectivity index (χ0) is 19.6. The standard InChI is InChI=1S/C25H35NO/c1-18-16-23(27-6)22(25(3,4)5)17-21(18)24(20-12-8-7-9-13-20)19(2)26-14-10-11-15-26/h7-9,12-13,16-17,19,24H,10-11,14-15H2,1-6H3. The molecule has 1 aliphatic rings. The van der Waals surface area contributed by atoms with Gasteiger partial charge in [0.1, 0.15) is 5.75 Å². The Morgan fingerprint density at radius 3 is 2.19 bits per heavy atom. The number of hydrogen-bond acceptors (Lipinski definition) is 2. The van der Waals surface area contributed by atoms with Crippen molar-refractivity contribution in [3.05, 3.63) is 64.7 Å². The summed E-state index contributed by atoms with van der Waals surface area (Å²) in [6.07, 6.45) is 2.64. The molecule has 3 rings (SSSR count). The normalized spacial score (nSPS) is 17.7. The molecule has 0 aliphatic carbocycles. The third kappa shape index (κ3) is 4.21. The zero-order valence-electron chi connectivity index (χ0n) is 17.9. The van der Waals surface area contributed by atoms with Gasteiger partial charge in [-0.25, -0.2) is 0 Å². The maximum absolute atomic E-state index is 5.74. The molecule has 0 radical (unpaired) electrons. The van der Waals surface area contributed by atoms with Gasteiger partial charge in [0.15, 0.2) is 0 Å². The van der Waals surface area contributed by atoms with Crippen molar-refractivity contribution in [2.45, 2.75) is 64.8 Å². The minimum atomic E-state index is 0.0475. The first kappa shape index (κ1) is 19.9. The van der Waals surface area contributed by atoms with Crippen LogP contribution >= 0.6 is 0 Å². The van der Waals surface area contributed by atoms with Crippen molar-refractivity contribution < 1.29 is 4.74 Å². The second-order valence-corrected chi connectivity index (χ2v) is 9.03. The van der Waals surface area contributed by atoms with Gasteiger partial charge in [-0.1, -0.05) is 57.2 Å². The molecular formula is C25H35NO. The maximum Gasteiger partial charge on any atom is 0.122 e. The third-order valence-corrected chi connectivity index (χ3v) is 6.09. The second-order valence-electron chi connectivity index (χ2n) is 9.03. The Balaban J connectivity index is 2.14. The van der Waals surface area contributed by atoms with Gasteiger partial charge in [-0.3, -0.25) is 4.90 Å². The number of aryl methyl sites for hydroxylation is 1. The highest BCUT2D eigenvalue weighted by atomic mass is 16.5. The molecule has 0 bridgehead atoms. The number of likely N-dealkylation sites (tertiary alicyclic amines) is 1. The monoisotopic (exact) mass is 365 g/mol. The molecule has 1 heterocycles. The van der Waals surface area contributed by atoms with E-state index in [1.807, 2.05) is 0 Å². The highest BCUT2D eigenvalue weighted by molar-refractivity contribution is 5.49. The van der Waals surface area contributed by atoms with Gasteiger partial charge in [-0.2, -0.15) is 0 Å². The number of rotatable bonds is 5. The van der Waals surface area contributed by atoms with E-state index in [4.69, 9.17) is 4.74 Å². The van der Waals surface area contributed by atoms with Gasteiger partial charge < -0.3 is 4.74 Å². The molecule has 146 valence electrons. The summed E-state index contributed by atoms with van der Waals surface area (Å²) in [6, 6.07) is 16.2. The van der Waals surface area contributed by atoms with E-state index in [0.29, 0.717) is 12.0 Å². The first-order valence-corrected chi connectivity index (χ1v) is 10.3. The fourth-order valence-electron chi connectivity index (χ4n) is 4.53. The second kappa shape index (κ2) is 8.06. The third-order valence-electron chi connectivity index (χ3n) is 6.09. The van der Waals surface area contributed by atoms with E-state index in [2.05, 4.69) is 82.0 Å². The quantitative estimate of drug-likeness (QED) is 0.652. The van der Waals surface area contributed by atoms with Crippen molar-refractivity contribution >= 4 is 0 Å². The van der Waals surface area contributed by atoms with Crippen LogP contribution in [0.4, 0.5) is 0 Å². The van der Waals surface area contributed by atoms with Crippen molar-refractivity contribution in [1.29, 1.82) is 0 Å². The number of hydrogen-bond donors (Lipinski definition) is 0. The number of ether oxygens (including phenoxy) is 1. The van der Waals surface area contributed by atoms with E-state index in [0.717, 1.165) is 5.75 Å². The smallest absolute Gasteiger partial charge is 0.122 e. The SMILES string of the molecule is COc1cc(C)c(C(c2ccccc2)C(C)N2CCCC2)cc1C(C)(C)C. The minimum absolute atomic E-state index is 0.0475. The van der Waals surface area contributed by atoms with Crippen LogP contribution in [0, 0.1) is 6.92 Å². The summed E-state index contributed by atoms with van der Waals surface area (Å²) >= 11 is 0. The number of methoxy groups -OCH3 is 1. The van der Waals surface area contributed by atoms with E-state index in [1.54, 1.807) is 7.11 Å². The van der Waals surface area contributed by atoms with Crippen LogP contribution in [-0.4, -0.2) is 31.1 Å². The molecule has 2 aromatic rings. The van der Waals surface area contributed by atoms with Gasteiger partial charge in [0.05, 0.1) is 7.11 Å². The summed E-state index contributed by atoms with van der Waals surface area (Å²) in [4.78, 5) is 2.66. The zero-order valence-corrected chi connectivity index (χ0v) is 17.9. The molecule has 1 saturated heterocycles. The lowest BCUT2D eigenvalue weighted by atomic mass is 9.78. The number of nitrogens with zero attached hydrogens (tertiary/aromatic N) is 1. The average molecular weight is 366 g/mol. The molecule has 1 aliphatic heterocycles. The van der Waals surface area contributed by atoms with Crippen LogP contribution in [0.25, 0.3) is 0 Å². The van der Waals surface area contributed by atoms with Crippen LogP contribution in [-0.2, 0) is 5.41 Å². The van der Waals surface area contributed by atoms with Crippen LogP contribution in [0.1, 0.15) is 68.7 Å².